The van der Waals surface area contributed by atoms with Gasteiger partial charge in [-0.15, -0.1) is 0 Å². The summed E-state index contributed by atoms with van der Waals surface area (Å²) in [4.78, 5) is 10.8. The number of ether oxygens (including phenoxy) is 1. The van der Waals surface area contributed by atoms with E-state index in [9.17, 15) is 18.3 Å². The third kappa shape index (κ3) is 3.26. The van der Waals surface area contributed by atoms with E-state index in [1.54, 1.807) is 0 Å². The van der Waals surface area contributed by atoms with Crippen molar-refractivity contribution < 1.29 is 28.2 Å². The number of carbonyl (C=O) groups is 1. The van der Waals surface area contributed by atoms with E-state index in [1.165, 1.54) is 17.8 Å². The molecular weight excluding hydrogens is 300 g/mol. The largest absolute Gasteiger partial charge is 0.477 e. The number of hydrogen-bond donors (Lipinski definition) is 3. The summed E-state index contributed by atoms with van der Waals surface area (Å²) in [6, 6.07) is 1.09. The van der Waals surface area contributed by atoms with Crippen LogP contribution < -0.4 is 4.72 Å². The number of aromatic nitrogens is 1. The Morgan fingerprint density at radius 1 is 1.48 bits per heavy atom. The molecule has 0 saturated carbocycles. The van der Waals surface area contributed by atoms with Gasteiger partial charge in [0, 0.05) is 26.5 Å². The predicted molar refractivity (Wildman–Crippen MR) is 72.6 cm³/mol. The van der Waals surface area contributed by atoms with E-state index in [1.807, 2.05) is 0 Å². The molecule has 0 spiro atoms. The van der Waals surface area contributed by atoms with Crippen LogP contribution in [0, 0.1) is 0 Å². The van der Waals surface area contributed by atoms with Gasteiger partial charge in [0.15, 0.2) is 0 Å². The number of carboxylic acids is 1. The summed E-state index contributed by atoms with van der Waals surface area (Å²) >= 11 is 0. The molecule has 9 heteroatoms. The lowest BCUT2D eigenvalue weighted by molar-refractivity contribution is 0.0223. The van der Waals surface area contributed by atoms with E-state index < -0.39 is 21.5 Å². The first-order valence-electron chi connectivity index (χ1n) is 6.42. The van der Waals surface area contributed by atoms with Gasteiger partial charge in [0.25, 0.3) is 0 Å². The summed E-state index contributed by atoms with van der Waals surface area (Å²) in [5, 5.41) is 18.5. The Labute approximate surface area is 122 Å². The van der Waals surface area contributed by atoms with Gasteiger partial charge in [-0.25, -0.2) is 17.9 Å². The molecule has 1 aromatic heterocycles. The highest BCUT2D eigenvalue weighted by Crippen LogP contribution is 2.24. The molecule has 0 aliphatic carbocycles. The molecule has 21 heavy (non-hydrogen) atoms. The number of aliphatic hydroxyl groups excluding tert-OH is 1. The van der Waals surface area contributed by atoms with Gasteiger partial charge in [-0.2, -0.15) is 0 Å². The fourth-order valence-electron chi connectivity index (χ4n) is 2.29. The first kappa shape index (κ1) is 16.0. The van der Waals surface area contributed by atoms with E-state index in [2.05, 4.69) is 4.72 Å². The van der Waals surface area contributed by atoms with Crippen LogP contribution in [0.4, 0.5) is 0 Å². The molecule has 1 aliphatic heterocycles. The van der Waals surface area contributed by atoms with Crippen LogP contribution in [0.2, 0.25) is 0 Å². The van der Waals surface area contributed by atoms with E-state index in [0.29, 0.717) is 26.1 Å². The third-order valence-electron chi connectivity index (χ3n) is 3.61. The summed E-state index contributed by atoms with van der Waals surface area (Å²) in [6.07, 6.45) is 1.96. The zero-order chi connectivity index (χ0) is 15.7. The molecule has 0 unspecified atom stereocenters. The van der Waals surface area contributed by atoms with Gasteiger partial charge in [0.1, 0.15) is 10.6 Å². The number of carboxylic acid groups (broad SMARTS) is 1. The summed E-state index contributed by atoms with van der Waals surface area (Å²) in [5.41, 5.74) is -1.09. The predicted octanol–water partition coefficient (Wildman–Crippen LogP) is -0.457. The van der Waals surface area contributed by atoms with Crippen molar-refractivity contribution in [2.75, 3.05) is 19.8 Å². The van der Waals surface area contributed by atoms with E-state index in [4.69, 9.17) is 9.84 Å². The van der Waals surface area contributed by atoms with Crippen LogP contribution in [0.25, 0.3) is 0 Å². The summed E-state index contributed by atoms with van der Waals surface area (Å²) < 4.78 is 33.7. The Hall–Kier alpha value is -1.42. The number of rotatable bonds is 5. The summed E-state index contributed by atoms with van der Waals surface area (Å²) in [6.45, 7) is 0.380. The molecule has 1 aliphatic rings. The van der Waals surface area contributed by atoms with Gasteiger partial charge in [-0.3, -0.25) is 0 Å². The van der Waals surface area contributed by atoms with Crippen molar-refractivity contribution in [3.8, 4) is 0 Å². The monoisotopic (exact) mass is 318 g/mol. The number of aryl methyl sites for hydroxylation is 1. The molecule has 0 bridgehead atoms. The quantitative estimate of drug-likeness (QED) is 0.676. The van der Waals surface area contributed by atoms with Crippen molar-refractivity contribution in [3.63, 3.8) is 0 Å². The fourth-order valence-corrected chi connectivity index (χ4v) is 3.81. The maximum absolute atomic E-state index is 12.4. The molecule has 2 rings (SSSR count). The number of aromatic carboxylic acids is 1. The van der Waals surface area contributed by atoms with Crippen molar-refractivity contribution in [1.82, 2.24) is 9.29 Å². The van der Waals surface area contributed by atoms with E-state index in [0.717, 1.165) is 6.07 Å². The normalized spacial score (nSPS) is 18.6. The highest BCUT2D eigenvalue weighted by Gasteiger charge is 2.37. The van der Waals surface area contributed by atoms with Gasteiger partial charge in [-0.1, -0.05) is 0 Å². The summed E-state index contributed by atoms with van der Waals surface area (Å²) in [5.74, 6) is -1.21. The van der Waals surface area contributed by atoms with Crippen molar-refractivity contribution in [2.45, 2.75) is 23.3 Å². The number of nitrogens with zero attached hydrogens (tertiary/aromatic N) is 1. The van der Waals surface area contributed by atoms with Crippen LogP contribution in [0.15, 0.2) is 17.2 Å². The molecule has 8 nitrogen and oxygen atoms in total. The zero-order valence-electron chi connectivity index (χ0n) is 11.6. The Morgan fingerprint density at radius 2 is 2.10 bits per heavy atom. The van der Waals surface area contributed by atoms with Crippen LogP contribution in [0.1, 0.15) is 23.3 Å². The molecule has 0 amide bonds. The molecule has 2 heterocycles. The average molecular weight is 318 g/mol. The van der Waals surface area contributed by atoms with Crippen LogP contribution >= 0.6 is 0 Å². The Balaban J connectivity index is 2.29. The van der Waals surface area contributed by atoms with Gasteiger partial charge < -0.3 is 19.5 Å². The lowest BCUT2D eigenvalue weighted by atomic mass is 9.93. The summed E-state index contributed by atoms with van der Waals surface area (Å²) in [7, 11) is -2.46. The van der Waals surface area contributed by atoms with Crippen molar-refractivity contribution in [3.05, 3.63) is 18.0 Å². The van der Waals surface area contributed by atoms with Crippen LogP contribution in [-0.4, -0.2) is 54.5 Å². The fraction of sp³-hybridized carbons (Fsp3) is 0.583. The zero-order valence-corrected chi connectivity index (χ0v) is 12.4. The lowest BCUT2D eigenvalue weighted by Gasteiger charge is -2.35. The Morgan fingerprint density at radius 3 is 2.57 bits per heavy atom. The first-order valence-corrected chi connectivity index (χ1v) is 7.90. The minimum atomic E-state index is -3.92. The van der Waals surface area contributed by atoms with Crippen LogP contribution in [0.5, 0.6) is 0 Å². The number of hydrogen-bond acceptors (Lipinski definition) is 5. The highest BCUT2D eigenvalue weighted by atomic mass is 32.2. The third-order valence-corrected chi connectivity index (χ3v) is 5.16. The molecule has 3 N–H and O–H groups in total. The van der Waals surface area contributed by atoms with Crippen LogP contribution in [0.3, 0.4) is 0 Å². The molecule has 1 aromatic rings. The minimum Gasteiger partial charge on any atom is -0.477 e. The first-order chi connectivity index (χ1) is 9.80. The van der Waals surface area contributed by atoms with Crippen molar-refractivity contribution >= 4 is 16.0 Å². The van der Waals surface area contributed by atoms with Crippen molar-refractivity contribution in [2.24, 2.45) is 7.05 Å². The molecule has 1 saturated heterocycles. The molecule has 0 aromatic carbocycles. The molecule has 0 radical (unpaired) electrons. The molecule has 118 valence electrons. The SMILES string of the molecule is Cn1cc(S(=O)(=O)NC2(CO)CCOCC2)cc1C(=O)O. The van der Waals surface area contributed by atoms with Gasteiger partial charge in [-0.05, 0) is 18.9 Å². The average Bonchev–Trinajstić information content (AvgIpc) is 2.82. The van der Waals surface area contributed by atoms with E-state index >= 15 is 0 Å². The Bertz CT molecular complexity index is 630. The van der Waals surface area contributed by atoms with Gasteiger partial charge in [0.05, 0.1) is 12.1 Å². The maximum Gasteiger partial charge on any atom is 0.352 e. The van der Waals surface area contributed by atoms with Gasteiger partial charge in [0.2, 0.25) is 10.0 Å². The second-order valence-electron chi connectivity index (χ2n) is 5.13. The maximum atomic E-state index is 12.4. The topological polar surface area (TPSA) is 118 Å². The number of aliphatic hydroxyl groups is 1. The molecule has 1 fully saturated rings. The van der Waals surface area contributed by atoms with Crippen LogP contribution in [-0.2, 0) is 21.8 Å². The Kier molecular flexibility index (Phi) is 4.38. The standard InChI is InChI=1S/C12H18N2O6S/c1-14-7-9(6-10(14)11(16)17)21(18,19)13-12(8-15)2-4-20-5-3-12/h6-7,13,15H,2-5,8H2,1H3,(H,16,17). The molecular formula is C12H18N2O6S. The smallest absolute Gasteiger partial charge is 0.352 e. The number of sulfonamides is 1. The van der Waals surface area contributed by atoms with Crippen molar-refractivity contribution in [1.29, 1.82) is 0 Å². The minimum absolute atomic E-state index is 0.125. The van der Waals surface area contributed by atoms with Gasteiger partial charge >= 0.3 is 5.97 Å². The second-order valence-corrected chi connectivity index (χ2v) is 6.82. The number of nitrogens with one attached hydrogen (secondary N) is 1. The lowest BCUT2D eigenvalue weighted by Crippen LogP contribution is -2.54. The van der Waals surface area contributed by atoms with E-state index in [-0.39, 0.29) is 17.2 Å². The molecule has 0 atom stereocenters. The second kappa shape index (κ2) is 5.76. The highest BCUT2D eigenvalue weighted by molar-refractivity contribution is 7.89.